The molecule has 0 aromatic heterocycles. The van der Waals surface area contributed by atoms with Gasteiger partial charge in [-0.15, -0.1) is 0 Å². The van der Waals surface area contributed by atoms with Crippen molar-refractivity contribution in [3.63, 3.8) is 0 Å². The smallest absolute Gasteiger partial charge is 0.0656 e. The van der Waals surface area contributed by atoms with Gasteiger partial charge in [0.15, 0.2) is 0 Å². The first-order valence-corrected chi connectivity index (χ1v) is 6.93. The molecule has 94 valence electrons. The van der Waals surface area contributed by atoms with E-state index in [0.29, 0.717) is 17.6 Å². The van der Waals surface area contributed by atoms with E-state index in [1.54, 1.807) is 0 Å². The Morgan fingerprint density at radius 3 is 2.44 bits per heavy atom. The molecular weight excluding hydrogens is 198 g/mol. The third kappa shape index (κ3) is 2.43. The van der Waals surface area contributed by atoms with Crippen molar-refractivity contribution in [1.29, 1.82) is 0 Å². The molecule has 0 heterocycles. The van der Waals surface area contributed by atoms with Crippen molar-refractivity contribution in [3.05, 3.63) is 0 Å². The molecule has 2 saturated carbocycles. The van der Waals surface area contributed by atoms with Crippen molar-refractivity contribution in [2.75, 3.05) is 13.7 Å². The van der Waals surface area contributed by atoms with Crippen LogP contribution in [-0.4, -0.2) is 25.8 Å². The van der Waals surface area contributed by atoms with Crippen LogP contribution in [0.4, 0.5) is 0 Å². The zero-order valence-electron chi connectivity index (χ0n) is 11.1. The zero-order valence-corrected chi connectivity index (χ0v) is 11.1. The van der Waals surface area contributed by atoms with Gasteiger partial charge >= 0.3 is 0 Å². The number of ether oxygens (including phenoxy) is 1. The minimum atomic E-state index is 0.323. The Bertz CT molecular complexity index is 221. The molecule has 2 aliphatic carbocycles. The second-order valence-corrected chi connectivity index (χ2v) is 6.22. The summed E-state index contributed by atoms with van der Waals surface area (Å²) < 4.78 is 6.12. The van der Waals surface area contributed by atoms with Gasteiger partial charge in [-0.3, -0.25) is 0 Å². The summed E-state index contributed by atoms with van der Waals surface area (Å²) in [6.07, 6.45) is 8.73. The predicted octanol–water partition coefficient (Wildman–Crippen LogP) is 2.97. The molecule has 0 radical (unpaired) electrons. The van der Waals surface area contributed by atoms with Gasteiger partial charge in [0.25, 0.3) is 0 Å². The monoisotopic (exact) mass is 225 g/mol. The quantitative estimate of drug-likeness (QED) is 0.794. The molecule has 1 N–H and O–H groups in total. The predicted molar refractivity (Wildman–Crippen MR) is 67.6 cm³/mol. The van der Waals surface area contributed by atoms with Gasteiger partial charge in [0.2, 0.25) is 0 Å². The largest absolute Gasteiger partial charge is 0.377 e. The average molecular weight is 225 g/mol. The zero-order chi connectivity index (χ0) is 11.6. The Labute approximate surface area is 100 Å². The number of hydrogen-bond acceptors (Lipinski definition) is 2. The van der Waals surface area contributed by atoms with E-state index >= 15 is 0 Å². The van der Waals surface area contributed by atoms with Crippen molar-refractivity contribution >= 4 is 0 Å². The number of hydrogen-bond donors (Lipinski definition) is 1. The maximum absolute atomic E-state index is 6.12. The molecule has 0 spiro atoms. The van der Waals surface area contributed by atoms with Gasteiger partial charge in [-0.25, -0.2) is 0 Å². The fourth-order valence-electron chi connectivity index (χ4n) is 3.26. The summed E-state index contributed by atoms with van der Waals surface area (Å²) in [6.45, 7) is 5.65. The topological polar surface area (TPSA) is 21.3 Å². The molecule has 0 aliphatic heterocycles. The Hall–Kier alpha value is -0.0800. The van der Waals surface area contributed by atoms with Gasteiger partial charge in [0.1, 0.15) is 0 Å². The van der Waals surface area contributed by atoms with E-state index in [1.807, 2.05) is 0 Å². The lowest BCUT2D eigenvalue weighted by molar-refractivity contribution is -0.126. The maximum Gasteiger partial charge on any atom is 0.0656 e. The SMILES string of the molecule is CNC1CC(OCC2CCCCC2)C1(C)C. The Kier molecular flexibility index (Phi) is 3.91. The molecule has 16 heavy (non-hydrogen) atoms. The molecule has 2 fully saturated rings. The summed E-state index contributed by atoms with van der Waals surface area (Å²) >= 11 is 0. The number of nitrogens with one attached hydrogen (secondary N) is 1. The Balaban J connectivity index is 1.71. The number of rotatable bonds is 4. The van der Waals surface area contributed by atoms with Crippen LogP contribution in [-0.2, 0) is 4.74 Å². The normalized spacial score (nSPS) is 34.7. The van der Waals surface area contributed by atoms with Gasteiger partial charge in [0.05, 0.1) is 6.10 Å². The highest BCUT2D eigenvalue weighted by atomic mass is 16.5. The van der Waals surface area contributed by atoms with Crippen molar-refractivity contribution in [2.24, 2.45) is 11.3 Å². The third-order valence-corrected chi connectivity index (χ3v) is 4.78. The molecule has 0 bridgehead atoms. The van der Waals surface area contributed by atoms with Crippen molar-refractivity contribution in [2.45, 2.75) is 64.5 Å². The molecule has 2 heteroatoms. The molecule has 2 unspecified atom stereocenters. The van der Waals surface area contributed by atoms with Crippen LogP contribution in [0.1, 0.15) is 52.4 Å². The van der Waals surface area contributed by atoms with Crippen LogP contribution in [0.5, 0.6) is 0 Å². The first-order chi connectivity index (χ1) is 7.64. The summed E-state index contributed by atoms with van der Waals surface area (Å²) in [5.74, 6) is 0.846. The van der Waals surface area contributed by atoms with E-state index < -0.39 is 0 Å². The van der Waals surface area contributed by atoms with Gasteiger partial charge in [-0.2, -0.15) is 0 Å². The van der Waals surface area contributed by atoms with E-state index in [2.05, 4.69) is 26.2 Å². The van der Waals surface area contributed by atoms with E-state index in [-0.39, 0.29) is 0 Å². The summed E-state index contributed by atoms with van der Waals surface area (Å²) in [6, 6.07) is 0.642. The fourth-order valence-corrected chi connectivity index (χ4v) is 3.26. The van der Waals surface area contributed by atoms with Crippen LogP contribution < -0.4 is 5.32 Å². The minimum absolute atomic E-state index is 0.323. The van der Waals surface area contributed by atoms with Gasteiger partial charge in [-0.1, -0.05) is 33.1 Å². The summed E-state index contributed by atoms with van der Waals surface area (Å²) in [7, 11) is 2.06. The van der Waals surface area contributed by atoms with Crippen LogP contribution in [0, 0.1) is 11.3 Å². The van der Waals surface area contributed by atoms with E-state index in [1.165, 1.54) is 38.5 Å². The second-order valence-electron chi connectivity index (χ2n) is 6.22. The standard InChI is InChI=1S/C14H27NO/c1-14(2)12(15-3)9-13(14)16-10-11-7-5-4-6-8-11/h11-13,15H,4-10H2,1-3H3. The van der Waals surface area contributed by atoms with Crippen molar-refractivity contribution in [3.8, 4) is 0 Å². The van der Waals surface area contributed by atoms with E-state index in [0.717, 1.165) is 12.5 Å². The summed E-state index contributed by atoms with van der Waals surface area (Å²) in [5, 5.41) is 3.38. The Morgan fingerprint density at radius 1 is 1.19 bits per heavy atom. The maximum atomic E-state index is 6.12. The molecule has 2 aliphatic rings. The van der Waals surface area contributed by atoms with Gasteiger partial charge in [0, 0.05) is 18.1 Å². The average Bonchev–Trinajstić information content (AvgIpc) is 2.29. The van der Waals surface area contributed by atoms with Crippen LogP contribution in [0.15, 0.2) is 0 Å². The fraction of sp³-hybridized carbons (Fsp3) is 1.00. The minimum Gasteiger partial charge on any atom is -0.377 e. The molecule has 0 saturated heterocycles. The van der Waals surface area contributed by atoms with Crippen LogP contribution >= 0.6 is 0 Å². The molecule has 2 nitrogen and oxygen atoms in total. The van der Waals surface area contributed by atoms with Crippen molar-refractivity contribution in [1.82, 2.24) is 5.32 Å². The lowest BCUT2D eigenvalue weighted by Gasteiger charge is -2.51. The molecule has 0 amide bonds. The second kappa shape index (κ2) is 5.05. The lowest BCUT2D eigenvalue weighted by atomic mass is 9.64. The van der Waals surface area contributed by atoms with Crippen molar-refractivity contribution < 1.29 is 4.74 Å². The summed E-state index contributed by atoms with van der Waals surface area (Å²) in [4.78, 5) is 0. The molecular formula is C14H27NO. The molecule has 0 aromatic rings. The molecule has 2 rings (SSSR count). The molecule has 0 aromatic carbocycles. The first kappa shape index (κ1) is 12.4. The van der Waals surface area contributed by atoms with E-state index in [9.17, 15) is 0 Å². The summed E-state index contributed by atoms with van der Waals surface area (Å²) in [5.41, 5.74) is 0.323. The highest BCUT2D eigenvalue weighted by molar-refractivity contribution is 5.02. The van der Waals surface area contributed by atoms with Crippen LogP contribution in [0.3, 0.4) is 0 Å². The third-order valence-electron chi connectivity index (χ3n) is 4.78. The molecule has 2 atom stereocenters. The lowest BCUT2D eigenvalue weighted by Crippen LogP contribution is -2.60. The highest BCUT2D eigenvalue weighted by Gasteiger charge is 2.48. The highest BCUT2D eigenvalue weighted by Crippen LogP contribution is 2.43. The van der Waals surface area contributed by atoms with E-state index in [4.69, 9.17) is 4.74 Å². The van der Waals surface area contributed by atoms with Crippen LogP contribution in [0.25, 0.3) is 0 Å². The first-order valence-electron chi connectivity index (χ1n) is 6.93. The Morgan fingerprint density at radius 2 is 1.88 bits per heavy atom. The van der Waals surface area contributed by atoms with Gasteiger partial charge in [-0.05, 0) is 32.2 Å². The van der Waals surface area contributed by atoms with Crippen LogP contribution in [0.2, 0.25) is 0 Å². The van der Waals surface area contributed by atoms with Gasteiger partial charge < -0.3 is 10.1 Å².